The van der Waals surface area contributed by atoms with E-state index in [0.29, 0.717) is 0 Å². The van der Waals surface area contributed by atoms with Crippen LogP contribution in [-0.2, 0) is 16.8 Å². The molecule has 0 bridgehead atoms. The lowest BCUT2D eigenvalue weighted by molar-refractivity contribution is -0.120. The summed E-state index contributed by atoms with van der Waals surface area (Å²) in [6.45, 7) is 2.69. The smallest absolute Gasteiger partial charge is 0.236 e. The highest BCUT2D eigenvalue weighted by Crippen LogP contribution is 2.44. The summed E-state index contributed by atoms with van der Waals surface area (Å²) >= 11 is 0. The Morgan fingerprint density at radius 1 is 1.05 bits per heavy atom. The van der Waals surface area contributed by atoms with Crippen molar-refractivity contribution in [1.29, 1.82) is 0 Å². The third-order valence-electron chi connectivity index (χ3n) is 4.72. The van der Waals surface area contributed by atoms with Gasteiger partial charge in [0.2, 0.25) is 5.91 Å². The van der Waals surface area contributed by atoms with Gasteiger partial charge in [0.1, 0.15) is 0 Å². The maximum atomic E-state index is 12.5. The highest BCUT2D eigenvalue weighted by Gasteiger charge is 2.50. The molecule has 21 heavy (non-hydrogen) atoms. The van der Waals surface area contributed by atoms with Gasteiger partial charge in [0.25, 0.3) is 0 Å². The molecule has 2 aliphatic heterocycles. The molecule has 1 N–H and O–H groups in total. The Hall–Kier alpha value is -2.13. The van der Waals surface area contributed by atoms with Gasteiger partial charge in [-0.2, -0.15) is 0 Å². The van der Waals surface area contributed by atoms with Crippen LogP contribution in [0.1, 0.15) is 17.5 Å². The van der Waals surface area contributed by atoms with Crippen LogP contribution in [0.15, 0.2) is 54.6 Å². The molecule has 106 valence electrons. The van der Waals surface area contributed by atoms with Crippen LogP contribution < -0.4 is 5.32 Å². The van der Waals surface area contributed by atoms with E-state index in [9.17, 15) is 4.79 Å². The number of nitrogens with one attached hydrogen (secondary N) is 1. The summed E-state index contributed by atoms with van der Waals surface area (Å²) < 4.78 is 0. The predicted molar refractivity (Wildman–Crippen MR) is 83.1 cm³/mol. The third kappa shape index (κ3) is 1.96. The van der Waals surface area contributed by atoms with Gasteiger partial charge in [0.15, 0.2) is 0 Å². The van der Waals surface area contributed by atoms with E-state index in [-0.39, 0.29) is 11.3 Å². The Labute approximate surface area is 124 Å². The molecule has 1 saturated heterocycles. The van der Waals surface area contributed by atoms with E-state index in [1.807, 2.05) is 24.3 Å². The molecule has 1 amide bonds. The molecule has 2 heterocycles. The van der Waals surface area contributed by atoms with E-state index in [1.165, 1.54) is 11.1 Å². The molecule has 2 aliphatic rings. The number of anilines is 1. The molecule has 3 nitrogen and oxygen atoms in total. The summed E-state index contributed by atoms with van der Waals surface area (Å²) in [5.74, 6) is 0.166. The van der Waals surface area contributed by atoms with Gasteiger partial charge in [0, 0.05) is 18.8 Å². The van der Waals surface area contributed by atoms with Crippen LogP contribution in [-0.4, -0.2) is 23.9 Å². The minimum absolute atomic E-state index is 0.166. The third-order valence-corrected chi connectivity index (χ3v) is 4.72. The van der Waals surface area contributed by atoms with Crippen molar-refractivity contribution in [1.82, 2.24) is 4.90 Å². The molecule has 2 aromatic rings. The quantitative estimate of drug-likeness (QED) is 0.916. The summed E-state index contributed by atoms with van der Waals surface area (Å²) in [5, 5.41) is 3.05. The van der Waals surface area contributed by atoms with E-state index in [2.05, 4.69) is 40.5 Å². The number of rotatable bonds is 2. The first-order valence-electron chi connectivity index (χ1n) is 7.45. The molecule has 0 radical (unpaired) electrons. The van der Waals surface area contributed by atoms with Gasteiger partial charge in [-0.3, -0.25) is 9.69 Å². The van der Waals surface area contributed by atoms with E-state index in [1.54, 1.807) is 0 Å². The zero-order chi connectivity index (χ0) is 14.3. The summed E-state index contributed by atoms with van der Waals surface area (Å²) in [4.78, 5) is 14.9. The molecule has 0 aliphatic carbocycles. The number of fused-ring (bicyclic) bond motifs is 2. The van der Waals surface area contributed by atoms with Crippen LogP contribution in [0.25, 0.3) is 0 Å². The Bertz CT molecular complexity index is 683. The van der Waals surface area contributed by atoms with Crippen LogP contribution in [0.3, 0.4) is 0 Å². The zero-order valence-corrected chi connectivity index (χ0v) is 11.9. The molecule has 1 spiro atoms. The highest BCUT2D eigenvalue weighted by molar-refractivity contribution is 6.06. The maximum Gasteiger partial charge on any atom is 0.236 e. The number of carbonyl (C=O) groups is 1. The topological polar surface area (TPSA) is 32.3 Å². The van der Waals surface area contributed by atoms with Gasteiger partial charge in [0.05, 0.1) is 5.41 Å². The molecule has 3 heteroatoms. The molecule has 1 fully saturated rings. The molecule has 1 atom stereocenters. The SMILES string of the molecule is O=C1Nc2ccccc2[C@@]12CCN(Cc1ccccc1)C2. The number of hydrogen-bond donors (Lipinski definition) is 1. The van der Waals surface area contributed by atoms with Crippen LogP contribution >= 0.6 is 0 Å². The van der Waals surface area contributed by atoms with E-state index >= 15 is 0 Å². The van der Waals surface area contributed by atoms with Gasteiger partial charge < -0.3 is 5.32 Å². The second kappa shape index (κ2) is 4.71. The van der Waals surface area contributed by atoms with Gasteiger partial charge in [-0.05, 0) is 30.2 Å². The van der Waals surface area contributed by atoms with E-state index < -0.39 is 0 Å². The molecule has 0 unspecified atom stereocenters. The number of amides is 1. The van der Waals surface area contributed by atoms with Gasteiger partial charge >= 0.3 is 0 Å². The lowest BCUT2D eigenvalue weighted by Crippen LogP contribution is -2.37. The number of nitrogens with zero attached hydrogens (tertiary/aromatic N) is 1. The fourth-order valence-electron chi connectivity index (χ4n) is 3.64. The summed E-state index contributed by atoms with van der Waals surface area (Å²) in [6.07, 6.45) is 0.905. The Kier molecular flexibility index (Phi) is 2.82. The van der Waals surface area contributed by atoms with Crippen LogP contribution in [0.4, 0.5) is 5.69 Å². The number of benzene rings is 2. The average molecular weight is 278 g/mol. The molecular weight excluding hydrogens is 260 g/mol. The molecule has 4 rings (SSSR count). The second-order valence-corrected chi connectivity index (χ2v) is 6.03. The number of likely N-dealkylation sites (tertiary alicyclic amines) is 1. The first-order chi connectivity index (χ1) is 10.3. The molecule has 2 aromatic carbocycles. The van der Waals surface area contributed by atoms with Gasteiger partial charge in [-0.1, -0.05) is 48.5 Å². The van der Waals surface area contributed by atoms with Gasteiger partial charge in [-0.15, -0.1) is 0 Å². The second-order valence-electron chi connectivity index (χ2n) is 6.03. The maximum absolute atomic E-state index is 12.5. The van der Waals surface area contributed by atoms with Crippen LogP contribution in [0.2, 0.25) is 0 Å². The van der Waals surface area contributed by atoms with Crippen molar-refractivity contribution in [3.05, 3.63) is 65.7 Å². The zero-order valence-electron chi connectivity index (χ0n) is 11.9. The Balaban J connectivity index is 1.60. The minimum Gasteiger partial charge on any atom is -0.325 e. The van der Waals surface area contributed by atoms with E-state index in [0.717, 1.165) is 31.7 Å². The minimum atomic E-state index is -0.342. The summed E-state index contributed by atoms with van der Waals surface area (Å²) in [7, 11) is 0. The lowest BCUT2D eigenvalue weighted by atomic mass is 9.81. The monoisotopic (exact) mass is 278 g/mol. The van der Waals surface area contributed by atoms with Crippen molar-refractivity contribution in [3.63, 3.8) is 0 Å². The normalized spacial score (nSPS) is 24.3. The fraction of sp³-hybridized carbons (Fsp3) is 0.278. The highest BCUT2D eigenvalue weighted by atomic mass is 16.2. The van der Waals surface area contributed by atoms with Crippen molar-refractivity contribution >= 4 is 11.6 Å². The van der Waals surface area contributed by atoms with Crippen LogP contribution in [0, 0.1) is 0 Å². The standard InChI is InChI=1S/C18H18N2O/c21-17-18(15-8-4-5-9-16(15)19-17)10-11-20(13-18)12-14-6-2-1-3-7-14/h1-9H,10-13H2,(H,19,21)/t18-/m0/s1. The largest absolute Gasteiger partial charge is 0.325 e. The van der Waals surface area contributed by atoms with Gasteiger partial charge in [-0.25, -0.2) is 0 Å². The summed E-state index contributed by atoms with van der Waals surface area (Å²) in [5.41, 5.74) is 3.13. The van der Waals surface area contributed by atoms with Crippen molar-refractivity contribution in [3.8, 4) is 0 Å². The fourth-order valence-corrected chi connectivity index (χ4v) is 3.64. The Morgan fingerprint density at radius 2 is 1.81 bits per heavy atom. The molecule has 0 aromatic heterocycles. The molecular formula is C18H18N2O. The average Bonchev–Trinajstić information content (AvgIpc) is 3.05. The van der Waals surface area contributed by atoms with Crippen molar-refractivity contribution in [2.24, 2.45) is 0 Å². The number of para-hydroxylation sites is 1. The molecule has 0 saturated carbocycles. The van der Waals surface area contributed by atoms with Crippen molar-refractivity contribution in [2.45, 2.75) is 18.4 Å². The number of carbonyl (C=O) groups excluding carboxylic acids is 1. The van der Waals surface area contributed by atoms with Crippen LogP contribution in [0.5, 0.6) is 0 Å². The first kappa shape index (κ1) is 12.6. The van der Waals surface area contributed by atoms with Crippen molar-refractivity contribution in [2.75, 3.05) is 18.4 Å². The lowest BCUT2D eigenvalue weighted by Gasteiger charge is -2.22. The summed E-state index contributed by atoms with van der Waals surface area (Å²) in [6, 6.07) is 18.6. The predicted octanol–water partition coefficient (Wildman–Crippen LogP) is 2.78. The first-order valence-corrected chi connectivity index (χ1v) is 7.45. The Morgan fingerprint density at radius 3 is 2.67 bits per heavy atom. The van der Waals surface area contributed by atoms with E-state index in [4.69, 9.17) is 0 Å². The number of hydrogen-bond acceptors (Lipinski definition) is 2. The van der Waals surface area contributed by atoms with Crippen molar-refractivity contribution < 1.29 is 4.79 Å².